The fraction of sp³-hybridized carbons (Fsp3) is 0.368. The summed E-state index contributed by atoms with van der Waals surface area (Å²) in [6, 6.07) is 3.85. The van der Waals surface area contributed by atoms with Crippen molar-refractivity contribution >= 4 is 17.5 Å². The molecule has 1 unspecified atom stereocenters. The molecular formula is C19H16F6N2O3. The van der Waals surface area contributed by atoms with Crippen LogP contribution < -0.4 is 5.32 Å². The first-order valence-corrected chi connectivity index (χ1v) is 8.88. The van der Waals surface area contributed by atoms with Crippen molar-refractivity contribution in [1.29, 1.82) is 0 Å². The van der Waals surface area contributed by atoms with Crippen LogP contribution in [0.3, 0.4) is 0 Å². The van der Waals surface area contributed by atoms with Gasteiger partial charge in [-0.05, 0) is 43.2 Å². The molecule has 2 heterocycles. The standard InChI is InChI=1S/C19H16F6N2O3/c20-18(21,22)12-7-13(19(23,24)25)9-14(8-12)26-16(28)11-3-1-5-27(10-11)17(29)15-4-2-6-30-15/h2,4,6-9,11H,1,3,5,10H2,(H,26,28). The quantitative estimate of drug-likeness (QED) is 0.706. The van der Waals surface area contributed by atoms with Crippen LogP contribution in [0.1, 0.15) is 34.5 Å². The van der Waals surface area contributed by atoms with Crippen molar-refractivity contribution in [3.63, 3.8) is 0 Å². The summed E-state index contributed by atoms with van der Waals surface area (Å²) in [6.07, 6.45) is -7.94. The van der Waals surface area contributed by atoms with E-state index in [0.717, 1.165) is 0 Å². The third-order valence-electron chi connectivity index (χ3n) is 4.67. The van der Waals surface area contributed by atoms with Crippen molar-refractivity contribution < 1.29 is 40.3 Å². The number of amides is 2. The smallest absolute Gasteiger partial charge is 0.416 e. The second-order valence-electron chi connectivity index (χ2n) is 6.85. The minimum atomic E-state index is -5.02. The Morgan fingerprint density at radius 1 is 1.03 bits per heavy atom. The number of hydrogen-bond acceptors (Lipinski definition) is 3. The van der Waals surface area contributed by atoms with Gasteiger partial charge in [0, 0.05) is 18.8 Å². The average Bonchev–Trinajstić information content (AvgIpc) is 3.20. The number of carbonyl (C=O) groups is 2. The van der Waals surface area contributed by atoms with Crippen LogP contribution in [0.25, 0.3) is 0 Å². The van der Waals surface area contributed by atoms with Gasteiger partial charge in [0.25, 0.3) is 5.91 Å². The Labute approximate surface area is 166 Å². The molecule has 3 rings (SSSR count). The molecule has 1 aromatic heterocycles. The largest absolute Gasteiger partial charge is 0.459 e. The summed E-state index contributed by atoms with van der Waals surface area (Å²) in [6.45, 7) is 0.321. The Kier molecular flexibility index (Phi) is 5.82. The number of furan rings is 1. The second kappa shape index (κ2) is 8.04. The molecule has 11 heteroatoms. The molecule has 1 fully saturated rings. The number of carbonyl (C=O) groups excluding carboxylic acids is 2. The molecule has 0 spiro atoms. The van der Waals surface area contributed by atoms with Crippen LogP contribution in [0.2, 0.25) is 0 Å². The highest BCUT2D eigenvalue weighted by molar-refractivity contribution is 5.95. The number of piperidine rings is 1. The van der Waals surface area contributed by atoms with Gasteiger partial charge < -0.3 is 14.6 Å². The summed E-state index contributed by atoms with van der Waals surface area (Å²) >= 11 is 0. The molecule has 162 valence electrons. The second-order valence-corrected chi connectivity index (χ2v) is 6.85. The van der Waals surface area contributed by atoms with Crippen LogP contribution in [0.5, 0.6) is 0 Å². The Bertz CT molecular complexity index is 889. The number of anilines is 1. The van der Waals surface area contributed by atoms with Crippen molar-refractivity contribution in [3.05, 3.63) is 53.5 Å². The van der Waals surface area contributed by atoms with Gasteiger partial charge in [0.05, 0.1) is 23.3 Å². The topological polar surface area (TPSA) is 62.6 Å². The summed E-state index contributed by atoms with van der Waals surface area (Å²) in [5.74, 6) is -1.93. The monoisotopic (exact) mass is 434 g/mol. The zero-order chi connectivity index (χ0) is 22.1. The first-order chi connectivity index (χ1) is 13.9. The SMILES string of the molecule is O=C(Nc1cc(C(F)(F)F)cc(C(F)(F)F)c1)C1CCCN(C(=O)c2ccco2)C1. The Hall–Kier alpha value is -2.98. The third-order valence-corrected chi connectivity index (χ3v) is 4.67. The van der Waals surface area contributed by atoms with Crippen molar-refractivity contribution in [3.8, 4) is 0 Å². The number of nitrogens with zero attached hydrogens (tertiary/aromatic N) is 1. The van der Waals surface area contributed by atoms with Gasteiger partial charge >= 0.3 is 12.4 Å². The molecule has 1 N–H and O–H groups in total. The number of hydrogen-bond donors (Lipinski definition) is 1. The van der Waals surface area contributed by atoms with Gasteiger partial charge in [-0.3, -0.25) is 9.59 Å². The van der Waals surface area contributed by atoms with Crippen LogP contribution in [-0.4, -0.2) is 29.8 Å². The van der Waals surface area contributed by atoms with Crippen molar-refractivity contribution in [2.45, 2.75) is 25.2 Å². The van der Waals surface area contributed by atoms with E-state index in [1.54, 1.807) is 0 Å². The zero-order valence-corrected chi connectivity index (χ0v) is 15.3. The van der Waals surface area contributed by atoms with Crippen molar-refractivity contribution in [2.75, 3.05) is 18.4 Å². The Morgan fingerprint density at radius 2 is 1.67 bits per heavy atom. The molecule has 2 amide bonds. The molecule has 0 aliphatic carbocycles. The van der Waals surface area contributed by atoms with E-state index in [-0.39, 0.29) is 18.4 Å². The maximum absolute atomic E-state index is 13.0. The van der Waals surface area contributed by atoms with E-state index in [1.165, 1.54) is 23.3 Å². The average molecular weight is 434 g/mol. The predicted octanol–water partition coefficient (Wildman–Crippen LogP) is 4.81. The maximum Gasteiger partial charge on any atom is 0.416 e. The molecule has 1 aliphatic heterocycles. The normalized spacial score (nSPS) is 17.7. The highest BCUT2D eigenvalue weighted by Crippen LogP contribution is 2.37. The number of likely N-dealkylation sites (tertiary alicyclic amines) is 1. The van der Waals surface area contributed by atoms with E-state index in [0.29, 0.717) is 31.5 Å². The number of alkyl halides is 6. The van der Waals surface area contributed by atoms with Crippen LogP contribution >= 0.6 is 0 Å². The summed E-state index contributed by atoms with van der Waals surface area (Å²) in [5.41, 5.74) is -3.66. The molecular weight excluding hydrogens is 418 g/mol. The Morgan fingerprint density at radius 3 is 2.20 bits per heavy atom. The molecule has 0 bridgehead atoms. The van der Waals surface area contributed by atoms with E-state index < -0.39 is 46.9 Å². The lowest BCUT2D eigenvalue weighted by Crippen LogP contribution is -2.43. The molecule has 5 nitrogen and oxygen atoms in total. The van der Waals surface area contributed by atoms with Crippen LogP contribution in [0.4, 0.5) is 32.0 Å². The molecule has 1 saturated heterocycles. The summed E-state index contributed by atoms with van der Waals surface area (Å²) in [5, 5.41) is 2.13. The van der Waals surface area contributed by atoms with Gasteiger partial charge in [-0.1, -0.05) is 0 Å². The zero-order valence-electron chi connectivity index (χ0n) is 15.3. The number of nitrogens with one attached hydrogen (secondary N) is 1. The molecule has 1 atom stereocenters. The molecule has 2 aromatic rings. The fourth-order valence-electron chi connectivity index (χ4n) is 3.20. The van der Waals surface area contributed by atoms with Gasteiger partial charge in [0.1, 0.15) is 0 Å². The van der Waals surface area contributed by atoms with Crippen molar-refractivity contribution in [1.82, 2.24) is 4.90 Å². The van der Waals surface area contributed by atoms with Gasteiger partial charge in [-0.2, -0.15) is 26.3 Å². The maximum atomic E-state index is 13.0. The lowest BCUT2D eigenvalue weighted by Gasteiger charge is -2.31. The molecule has 1 aromatic carbocycles. The fourth-order valence-corrected chi connectivity index (χ4v) is 3.20. The number of halogens is 6. The molecule has 0 saturated carbocycles. The minimum Gasteiger partial charge on any atom is -0.459 e. The molecule has 30 heavy (non-hydrogen) atoms. The lowest BCUT2D eigenvalue weighted by atomic mass is 9.96. The summed E-state index contributed by atoms with van der Waals surface area (Å²) < 4.78 is 82.8. The summed E-state index contributed by atoms with van der Waals surface area (Å²) in [7, 11) is 0. The van der Waals surface area contributed by atoms with Gasteiger partial charge in [-0.15, -0.1) is 0 Å². The highest BCUT2D eigenvalue weighted by atomic mass is 19.4. The van der Waals surface area contributed by atoms with Crippen LogP contribution in [0.15, 0.2) is 41.0 Å². The van der Waals surface area contributed by atoms with Gasteiger partial charge in [-0.25, -0.2) is 0 Å². The van der Waals surface area contributed by atoms with Gasteiger partial charge in [0.15, 0.2) is 5.76 Å². The Balaban J connectivity index is 1.77. The number of rotatable bonds is 3. The number of benzene rings is 1. The van der Waals surface area contributed by atoms with E-state index >= 15 is 0 Å². The summed E-state index contributed by atoms with van der Waals surface area (Å²) in [4.78, 5) is 26.2. The van der Waals surface area contributed by atoms with Crippen LogP contribution in [0, 0.1) is 5.92 Å². The van der Waals surface area contributed by atoms with E-state index in [4.69, 9.17) is 4.42 Å². The van der Waals surface area contributed by atoms with Crippen molar-refractivity contribution in [2.24, 2.45) is 5.92 Å². The van der Waals surface area contributed by atoms with E-state index in [1.807, 2.05) is 0 Å². The van der Waals surface area contributed by atoms with Gasteiger partial charge in [0.2, 0.25) is 5.91 Å². The first kappa shape index (κ1) is 21.7. The highest BCUT2D eigenvalue weighted by Gasteiger charge is 2.37. The first-order valence-electron chi connectivity index (χ1n) is 8.88. The minimum absolute atomic E-state index is 0.0139. The van der Waals surface area contributed by atoms with E-state index in [2.05, 4.69) is 5.32 Å². The third kappa shape index (κ3) is 4.95. The van der Waals surface area contributed by atoms with E-state index in [9.17, 15) is 35.9 Å². The lowest BCUT2D eigenvalue weighted by molar-refractivity contribution is -0.143. The molecule has 0 radical (unpaired) electrons. The predicted molar refractivity (Wildman–Crippen MR) is 92.4 cm³/mol. The van der Waals surface area contributed by atoms with Crippen LogP contribution in [-0.2, 0) is 17.1 Å². The molecule has 1 aliphatic rings.